The van der Waals surface area contributed by atoms with Crippen molar-refractivity contribution in [3.05, 3.63) is 63.6 Å². The Hall–Kier alpha value is -1.85. The molecule has 0 heterocycles. The maximum Gasteiger partial charge on any atom is 0.397 e. The summed E-state index contributed by atoms with van der Waals surface area (Å²) in [5, 5.41) is 0.609. The number of rotatable bonds is 3. The highest BCUT2D eigenvalue weighted by Gasteiger charge is 2.24. The van der Waals surface area contributed by atoms with Crippen molar-refractivity contribution in [2.45, 2.75) is 6.54 Å². The summed E-state index contributed by atoms with van der Waals surface area (Å²) in [6.45, 7) is 0.243. The van der Waals surface area contributed by atoms with Crippen molar-refractivity contribution in [1.82, 2.24) is 0 Å². The Morgan fingerprint density at radius 1 is 1.09 bits per heavy atom. The number of carbonyl (C=O) groups is 2. The standard InChI is InChI=1S/C16H13BrClNO3/c1-22-16(21)15(20)19(14-8-4-12(17)5-9-14)10-11-2-6-13(18)7-3-11/h2-9H,10H2,1H3. The van der Waals surface area contributed by atoms with Crippen LogP contribution in [0.5, 0.6) is 0 Å². The Balaban J connectivity index is 2.32. The highest BCUT2D eigenvalue weighted by atomic mass is 79.9. The summed E-state index contributed by atoms with van der Waals surface area (Å²) in [7, 11) is 1.18. The molecule has 2 aromatic carbocycles. The lowest BCUT2D eigenvalue weighted by Gasteiger charge is -2.21. The third-order valence-electron chi connectivity index (χ3n) is 3.00. The normalized spacial score (nSPS) is 10.1. The molecule has 0 spiro atoms. The number of carbonyl (C=O) groups excluding carboxylic acids is 2. The number of esters is 1. The van der Waals surface area contributed by atoms with E-state index < -0.39 is 11.9 Å². The van der Waals surface area contributed by atoms with E-state index in [2.05, 4.69) is 20.7 Å². The molecule has 22 heavy (non-hydrogen) atoms. The molecule has 0 saturated heterocycles. The Labute approximate surface area is 141 Å². The fourth-order valence-corrected chi connectivity index (χ4v) is 2.26. The molecule has 4 nitrogen and oxygen atoms in total. The van der Waals surface area contributed by atoms with Gasteiger partial charge in [0.05, 0.1) is 13.7 Å². The van der Waals surface area contributed by atoms with Crippen LogP contribution in [-0.4, -0.2) is 19.0 Å². The van der Waals surface area contributed by atoms with E-state index in [4.69, 9.17) is 11.6 Å². The van der Waals surface area contributed by atoms with Crippen molar-refractivity contribution < 1.29 is 14.3 Å². The van der Waals surface area contributed by atoms with Gasteiger partial charge in [0.2, 0.25) is 0 Å². The molecule has 0 aliphatic rings. The molecule has 0 radical (unpaired) electrons. The molecule has 0 aliphatic heterocycles. The van der Waals surface area contributed by atoms with E-state index in [0.29, 0.717) is 10.7 Å². The van der Waals surface area contributed by atoms with Crippen LogP contribution in [0.15, 0.2) is 53.0 Å². The fraction of sp³-hybridized carbons (Fsp3) is 0.125. The van der Waals surface area contributed by atoms with Crippen LogP contribution in [0.4, 0.5) is 5.69 Å². The number of methoxy groups -OCH3 is 1. The molecule has 0 aromatic heterocycles. The number of halogens is 2. The molecule has 6 heteroatoms. The van der Waals surface area contributed by atoms with Gasteiger partial charge in [-0.05, 0) is 42.0 Å². The van der Waals surface area contributed by atoms with Gasteiger partial charge in [0.1, 0.15) is 0 Å². The van der Waals surface area contributed by atoms with Gasteiger partial charge in [-0.3, -0.25) is 9.69 Å². The molecule has 0 atom stereocenters. The largest absolute Gasteiger partial charge is 0.462 e. The van der Waals surface area contributed by atoms with Crippen LogP contribution >= 0.6 is 27.5 Å². The minimum atomic E-state index is -0.906. The van der Waals surface area contributed by atoms with Crippen molar-refractivity contribution in [3.8, 4) is 0 Å². The maximum atomic E-state index is 12.2. The lowest BCUT2D eigenvalue weighted by atomic mass is 10.2. The zero-order valence-corrected chi connectivity index (χ0v) is 14.1. The number of anilines is 1. The van der Waals surface area contributed by atoms with E-state index in [0.717, 1.165) is 10.0 Å². The number of benzene rings is 2. The Bertz CT molecular complexity index is 671. The molecular weight excluding hydrogens is 370 g/mol. The lowest BCUT2D eigenvalue weighted by molar-refractivity contribution is -0.151. The molecule has 0 aliphatic carbocycles. The summed E-state index contributed by atoms with van der Waals surface area (Å²) < 4.78 is 5.42. The van der Waals surface area contributed by atoms with Gasteiger partial charge in [0.15, 0.2) is 0 Å². The average Bonchev–Trinajstić information content (AvgIpc) is 2.54. The summed E-state index contributed by atoms with van der Waals surface area (Å²) in [6.07, 6.45) is 0. The lowest BCUT2D eigenvalue weighted by Crippen LogP contribution is -2.36. The van der Waals surface area contributed by atoms with Gasteiger partial charge in [0, 0.05) is 15.2 Å². The predicted octanol–water partition coefficient (Wildman–Crippen LogP) is 3.81. The highest BCUT2D eigenvalue weighted by molar-refractivity contribution is 9.10. The first kappa shape index (κ1) is 16.5. The van der Waals surface area contributed by atoms with Crippen LogP contribution < -0.4 is 4.90 Å². The van der Waals surface area contributed by atoms with Gasteiger partial charge < -0.3 is 4.74 Å². The Morgan fingerprint density at radius 3 is 2.23 bits per heavy atom. The number of amides is 1. The number of hydrogen-bond donors (Lipinski definition) is 0. The van der Waals surface area contributed by atoms with Crippen LogP contribution in [-0.2, 0) is 20.9 Å². The highest BCUT2D eigenvalue weighted by Crippen LogP contribution is 2.21. The van der Waals surface area contributed by atoms with Crippen molar-refractivity contribution in [2.75, 3.05) is 12.0 Å². The summed E-state index contributed by atoms with van der Waals surface area (Å²) in [5.41, 5.74) is 1.46. The molecule has 0 saturated carbocycles. The molecule has 0 fully saturated rings. The van der Waals surface area contributed by atoms with Gasteiger partial charge in [-0.1, -0.05) is 39.7 Å². The first-order valence-corrected chi connectivity index (χ1v) is 7.58. The summed E-state index contributed by atoms with van der Waals surface area (Å²) in [5.74, 6) is -1.63. The van der Waals surface area contributed by atoms with E-state index in [1.807, 2.05) is 0 Å². The second kappa shape index (κ2) is 7.42. The van der Waals surface area contributed by atoms with Crippen molar-refractivity contribution in [3.63, 3.8) is 0 Å². The second-order valence-electron chi connectivity index (χ2n) is 4.49. The third kappa shape index (κ3) is 4.08. The van der Waals surface area contributed by atoms with Crippen LogP contribution in [0.25, 0.3) is 0 Å². The van der Waals surface area contributed by atoms with Crippen molar-refractivity contribution >= 4 is 45.1 Å². The molecule has 0 N–H and O–H groups in total. The van der Waals surface area contributed by atoms with Gasteiger partial charge in [-0.15, -0.1) is 0 Å². The predicted molar refractivity (Wildman–Crippen MR) is 88.8 cm³/mol. The first-order valence-electron chi connectivity index (χ1n) is 6.41. The molecule has 0 unspecified atom stereocenters. The number of ether oxygens (including phenoxy) is 1. The van der Waals surface area contributed by atoms with Crippen LogP contribution in [0.2, 0.25) is 5.02 Å². The van der Waals surface area contributed by atoms with E-state index in [9.17, 15) is 9.59 Å². The molecule has 1 amide bonds. The van der Waals surface area contributed by atoms with E-state index in [1.165, 1.54) is 12.0 Å². The summed E-state index contributed by atoms with van der Waals surface area (Å²) >= 11 is 9.20. The SMILES string of the molecule is COC(=O)C(=O)N(Cc1ccc(Cl)cc1)c1ccc(Br)cc1. The third-order valence-corrected chi connectivity index (χ3v) is 3.78. The minimum Gasteiger partial charge on any atom is -0.462 e. The van der Waals surface area contributed by atoms with Crippen molar-refractivity contribution in [1.29, 1.82) is 0 Å². The van der Waals surface area contributed by atoms with Gasteiger partial charge >= 0.3 is 11.9 Å². The van der Waals surface area contributed by atoms with Gasteiger partial charge in [0.25, 0.3) is 0 Å². The molecule has 2 aromatic rings. The van der Waals surface area contributed by atoms with E-state index >= 15 is 0 Å². The van der Waals surface area contributed by atoms with Crippen LogP contribution in [0.3, 0.4) is 0 Å². The summed E-state index contributed by atoms with van der Waals surface area (Å²) in [4.78, 5) is 25.2. The Morgan fingerprint density at radius 2 is 1.68 bits per heavy atom. The zero-order valence-electron chi connectivity index (χ0n) is 11.8. The van der Waals surface area contributed by atoms with E-state index in [-0.39, 0.29) is 6.54 Å². The van der Waals surface area contributed by atoms with Gasteiger partial charge in [-0.2, -0.15) is 0 Å². The average molecular weight is 383 g/mol. The molecular formula is C16H13BrClNO3. The summed E-state index contributed by atoms with van der Waals surface area (Å²) in [6, 6.07) is 14.2. The number of hydrogen-bond acceptors (Lipinski definition) is 3. The zero-order chi connectivity index (χ0) is 16.1. The molecule has 0 bridgehead atoms. The first-order chi connectivity index (χ1) is 10.5. The minimum absolute atomic E-state index is 0.243. The molecule has 114 valence electrons. The molecule has 2 rings (SSSR count). The fourth-order valence-electron chi connectivity index (χ4n) is 1.87. The second-order valence-corrected chi connectivity index (χ2v) is 5.84. The monoisotopic (exact) mass is 381 g/mol. The van der Waals surface area contributed by atoms with Crippen LogP contribution in [0.1, 0.15) is 5.56 Å². The Kier molecular flexibility index (Phi) is 5.57. The number of nitrogens with zero attached hydrogens (tertiary/aromatic N) is 1. The van der Waals surface area contributed by atoms with Crippen molar-refractivity contribution in [2.24, 2.45) is 0 Å². The smallest absolute Gasteiger partial charge is 0.397 e. The van der Waals surface area contributed by atoms with E-state index in [1.54, 1.807) is 48.5 Å². The maximum absolute atomic E-state index is 12.2. The topological polar surface area (TPSA) is 46.6 Å². The van der Waals surface area contributed by atoms with Crippen LogP contribution in [0, 0.1) is 0 Å². The quantitative estimate of drug-likeness (QED) is 0.599. The van der Waals surface area contributed by atoms with Gasteiger partial charge in [-0.25, -0.2) is 4.79 Å².